The fourth-order valence-electron chi connectivity index (χ4n) is 3.17. The van der Waals surface area contributed by atoms with Crippen LogP contribution >= 0.6 is 11.8 Å². The van der Waals surface area contributed by atoms with Gasteiger partial charge in [-0.25, -0.2) is 5.43 Å². The summed E-state index contributed by atoms with van der Waals surface area (Å²) >= 11 is 1.29. The van der Waals surface area contributed by atoms with Crippen LogP contribution < -0.4 is 10.2 Å². The van der Waals surface area contributed by atoms with Crippen molar-refractivity contribution in [3.8, 4) is 22.8 Å². The standard InChI is InChI=1S/C25H24N6O2S/c1-17-6-8-19(9-7-17)24-29-30-25(31(24)21-10-12-22(33-3)13-11-21)34-16-23(32)28-27-18(2)20-5-4-14-26-15-20/h4-15H,16H2,1-3H3,(H,28,32)/b27-18-. The van der Waals surface area contributed by atoms with Crippen molar-refractivity contribution in [2.45, 2.75) is 19.0 Å². The molecule has 0 aliphatic heterocycles. The van der Waals surface area contributed by atoms with E-state index in [0.717, 1.165) is 28.1 Å². The number of ether oxygens (including phenoxy) is 1. The zero-order chi connectivity index (χ0) is 23.9. The molecule has 0 spiro atoms. The average molecular weight is 473 g/mol. The lowest BCUT2D eigenvalue weighted by atomic mass is 10.1. The molecule has 0 aliphatic rings. The molecular formula is C25H24N6O2S. The van der Waals surface area contributed by atoms with E-state index in [9.17, 15) is 4.79 Å². The molecule has 0 bridgehead atoms. The van der Waals surface area contributed by atoms with Gasteiger partial charge in [0.05, 0.1) is 18.6 Å². The van der Waals surface area contributed by atoms with Crippen LogP contribution in [0.2, 0.25) is 0 Å². The summed E-state index contributed by atoms with van der Waals surface area (Å²) in [5, 5.41) is 13.6. The van der Waals surface area contributed by atoms with Crippen LogP contribution in [0.25, 0.3) is 17.1 Å². The summed E-state index contributed by atoms with van der Waals surface area (Å²) in [7, 11) is 1.63. The Hall–Kier alpha value is -3.98. The van der Waals surface area contributed by atoms with E-state index in [4.69, 9.17) is 4.74 Å². The predicted molar refractivity (Wildman–Crippen MR) is 133 cm³/mol. The summed E-state index contributed by atoms with van der Waals surface area (Å²) in [5.41, 5.74) is 7.08. The van der Waals surface area contributed by atoms with E-state index in [-0.39, 0.29) is 11.7 Å². The lowest BCUT2D eigenvalue weighted by molar-refractivity contribution is -0.118. The molecule has 1 N–H and O–H groups in total. The Morgan fingerprint density at radius 1 is 1.09 bits per heavy atom. The van der Waals surface area contributed by atoms with E-state index in [2.05, 4.69) is 25.7 Å². The molecule has 172 valence electrons. The second kappa shape index (κ2) is 10.8. The molecule has 0 radical (unpaired) electrons. The Labute approximate surface area is 202 Å². The number of thioether (sulfide) groups is 1. The van der Waals surface area contributed by atoms with Crippen LogP contribution in [-0.4, -0.2) is 44.2 Å². The van der Waals surface area contributed by atoms with Crippen molar-refractivity contribution in [1.82, 2.24) is 25.2 Å². The Balaban J connectivity index is 1.55. The van der Waals surface area contributed by atoms with Gasteiger partial charge in [-0.2, -0.15) is 5.10 Å². The smallest absolute Gasteiger partial charge is 0.250 e. The van der Waals surface area contributed by atoms with E-state index in [1.54, 1.807) is 19.5 Å². The van der Waals surface area contributed by atoms with Crippen molar-refractivity contribution in [2.75, 3.05) is 12.9 Å². The highest BCUT2D eigenvalue weighted by atomic mass is 32.2. The van der Waals surface area contributed by atoms with E-state index in [0.29, 0.717) is 16.7 Å². The Morgan fingerprint density at radius 3 is 2.53 bits per heavy atom. The maximum Gasteiger partial charge on any atom is 0.250 e. The summed E-state index contributed by atoms with van der Waals surface area (Å²) in [6.45, 7) is 3.86. The first kappa shape index (κ1) is 23.2. The number of benzene rings is 2. The van der Waals surface area contributed by atoms with Crippen LogP contribution in [0.1, 0.15) is 18.1 Å². The second-order valence-corrected chi connectivity index (χ2v) is 8.41. The van der Waals surface area contributed by atoms with Gasteiger partial charge in [0.2, 0.25) is 0 Å². The van der Waals surface area contributed by atoms with Crippen molar-refractivity contribution in [3.05, 3.63) is 84.2 Å². The number of nitrogens with zero attached hydrogens (tertiary/aromatic N) is 5. The number of aryl methyl sites for hydroxylation is 1. The average Bonchev–Trinajstić information content (AvgIpc) is 3.31. The van der Waals surface area contributed by atoms with E-state index >= 15 is 0 Å². The van der Waals surface area contributed by atoms with Gasteiger partial charge in [0, 0.05) is 29.2 Å². The van der Waals surface area contributed by atoms with Crippen LogP contribution in [0.4, 0.5) is 0 Å². The second-order valence-electron chi connectivity index (χ2n) is 7.47. The zero-order valence-electron chi connectivity index (χ0n) is 19.1. The molecule has 0 fully saturated rings. The lowest BCUT2D eigenvalue weighted by Gasteiger charge is -2.11. The molecule has 9 heteroatoms. The normalized spacial score (nSPS) is 11.3. The Bertz CT molecular complexity index is 1290. The van der Waals surface area contributed by atoms with Gasteiger partial charge in [-0.3, -0.25) is 14.3 Å². The largest absolute Gasteiger partial charge is 0.497 e. The SMILES string of the molecule is COc1ccc(-n2c(SCC(=O)N/N=C(/C)c3cccnc3)nnc2-c2ccc(C)cc2)cc1. The molecular weight excluding hydrogens is 448 g/mol. The van der Waals surface area contributed by atoms with Crippen LogP contribution in [-0.2, 0) is 4.79 Å². The van der Waals surface area contributed by atoms with Crippen LogP contribution in [0.5, 0.6) is 5.75 Å². The number of nitrogens with one attached hydrogen (secondary N) is 1. The molecule has 2 heterocycles. The highest BCUT2D eigenvalue weighted by molar-refractivity contribution is 7.99. The van der Waals surface area contributed by atoms with Gasteiger partial charge in [0.25, 0.3) is 5.91 Å². The first-order valence-electron chi connectivity index (χ1n) is 10.6. The Kier molecular flexibility index (Phi) is 7.34. The minimum Gasteiger partial charge on any atom is -0.497 e. The van der Waals surface area contributed by atoms with E-state index in [1.165, 1.54) is 11.8 Å². The van der Waals surface area contributed by atoms with Crippen molar-refractivity contribution < 1.29 is 9.53 Å². The quantitative estimate of drug-likeness (QED) is 0.234. The van der Waals surface area contributed by atoms with Gasteiger partial charge in [-0.05, 0) is 44.2 Å². The van der Waals surface area contributed by atoms with Gasteiger partial charge in [-0.15, -0.1) is 10.2 Å². The number of hydrogen-bond donors (Lipinski definition) is 1. The Morgan fingerprint density at radius 2 is 1.85 bits per heavy atom. The number of methoxy groups -OCH3 is 1. The summed E-state index contributed by atoms with van der Waals surface area (Å²) in [5.74, 6) is 1.34. The molecule has 0 unspecified atom stereocenters. The van der Waals surface area contributed by atoms with Gasteiger partial charge >= 0.3 is 0 Å². The third-order valence-electron chi connectivity index (χ3n) is 5.03. The molecule has 0 aliphatic carbocycles. The van der Waals surface area contributed by atoms with Crippen molar-refractivity contribution in [2.24, 2.45) is 5.10 Å². The third kappa shape index (κ3) is 5.49. The van der Waals surface area contributed by atoms with Gasteiger partial charge in [0.15, 0.2) is 11.0 Å². The summed E-state index contributed by atoms with van der Waals surface area (Å²) < 4.78 is 7.22. The number of aromatic nitrogens is 4. The topological polar surface area (TPSA) is 94.3 Å². The fourth-order valence-corrected chi connectivity index (χ4v) is 3.91. The summed E-state index contributed by atoms with van der Waals surface area (Å²) in [4.78, 5) is 16.5. The van der Waals surface area contributed by atoms with Crippen molar-refractivity contribution in [3.63, 3.8) is 0 Å². The molecule has 0 atom stereocenters. The number of carbonyl (C=O) groups excluding carboxylic acids is 1. The predicted octanol–water partition coefficient (Wildman–Crippen LogP) is 4.28. The minimum absolute atomic E-state index is 0.131. The van der Waals surface area contributed by atoms with Gasteiger partial charge in [0.1, 0.15) is 5.75 Å². The fraction of sp³-hybridized carbons (Fsp3) is 0.160. The molecule has 4 aromatic rings. The number of amides is 1. The van der Waals surface area contributed by atoms with Crippen LogP contribution in [0.3, 0.4) is 0 Å². The number of hydrazone groups is 1. The maximum absolute atomic E-state index is 12.5. The minimum atomic E-state index is -0.241. The summed E-state index contributed by atoms with van der Waals surface area (Å²) in [6, 6.07) is 19.4. The molecule has 8 nitrogen and oxygen atoms in total. The molecule has 0 saturated heterocycles. The van der Waals surface area contributed by atoms with E-state index < -0.39 is 0 Å². The van der Waals surface area contributed by atoms with Crippen molar-refractivity contribution >= 4 is 23.4 Å². The van der Waals surface area contributed by atoms with E-state index in [1.807, 2.05) is 79.1 Å². The van der Waals surface area contributed by atoms with Gasteiger partial charge < -0.3 is 4.74 Å². The molecule has 2 aromatic carbocycles. The number of pyridine rings is 1. The highest BCUT2D eigenvalue weighted by Gasteiger charge is 2.17. The monoisotopic (exact) mass is 472 g/mol. The lowest BCUT2D eigenvalue weighted by Crippen LogP contribution is -2.21. The number of carbonyl (C=O) groups is 1. The van der Waals surface area contributed by atoms with Crippen LogP contribution in [0, 0.1) is 6.92 Å². The highest BCUT2D eigenvalue weighted by Crippen LogP contribution is 2.29. The number of rotatable bonds is 8. The first-order valence-corrected chi connectivity index (χ1v) is 11.6. The molecule has 4 rings (SSSR count). The first-order chi connectivity index (χ1) is 16.5. The molecule has 2 aromatic heterocycles. The van der Waals surface area contributed by atoms with Crippen molar-refractivity contribution in [1.29, 1.82) is 0 Å². The third-order valence-corrected chi connectivity index (χ3v) is 5.96. The summed E-state index contributed by atoms with van der Waals surface area (Å²) in [6.07, 6.45) is 3.39. The maximum atomic E-state index is 12.5. The molecule has 34 heavy (non-hydrogen) atoms. The molecule has 0 saturated carbocycles. The number of hydrogen-bond acceptors (Lipinski definition) is 7. The zero-order valence-corrected chi connectivity index (χ0v) is 19.9. The van der Waals surface area contributed by atoms with Gasteiger partial charge in [-0.1, -0.05) is 47.7 Å². The van der Waals surface area contributed by atoms with Crippen LogP contribution in [0.15, 0.2) is 83.3 Å². The molecule has 1 amide bonds.